The number of amides is 1. The van der Waals surface area contributed by atoms with Crippen LogP contribution in [0.2, 0.25) is 0 Å². The molecule has 0 aromatic heterocycles. The van der Waals surface area contributed by atoms with E-state index in [0.717, 1.165) is 24.9 Å². The van der Waals surface area contributed by atoms with Crippen LogP contribution in [-0.2, 0) is 11.3 Å². The summed E-state index contributed by atoms with van der Waals surface area (Å²) in [5, 5.41) is 0. The molecular formula is C14H20FN3O. The molecule has 1 heterocycles. The Kier molecular flexibility index (Phi) is 4.04. The van der Waals surface area contributed by atoms with Gasteiger partial charge in [0, 0.05) is 26.3 Å². The molecule has 5 heteroatoms. The van der Waals surface area contributed by atoms with Crippen molar-refractivity contribution in [1.29, 1.82) is 0 Å². The van der Waals surface area contributed by atoms with E-state index in [1.54, 1.807) is 25.1 Å². The van der Waals surface area contributed by atoms with Gasteiger partial charge in [-0.3, -0.25) is 9.69 Å². The van der Waals surface area contributed by atoms with Crippen LogP contribution >= 0.6 is 0 Å². The number of likely N-dealkylation sites (N-methyl/N-ethyl adjacent to an activating group) is 1. The van der Waals surface area contributed by atoms with Gasteiger partial charge in [0.15, 0.2) is 0 Å². The Morgan fingerprint density at radius 3 is 2.95 bits per heavy atom. The first-order valence-electron chi connectivity index (χ1n) is 6.48. The Hall–Kier alpha value is -1.62. The summed E-state index contributed by atoms with van der Waals surface area (Å²) in [6.07, 6.45) is 1.84. The molecule has 0 aliphatic carbocycles. The Balaban J connectivity index is 2.13. The fraction of sp³-hybridized carbons (Fsp3) is 0.500. The van der Waals surface area contributed by atoms with Crippen molar-refractivity contribution in [3.8, 4) is 0 Å². The van der Waals surface area contributed by atoms with E-state index in [2.05, 4.69) is 4.90 Å². The number of hydrogen-bond donors (Lipinski definition) is 1. The highest BCUT2D eigenvalue weighted by Crippen LogP contribution is 2.24. The quantitative estimate of drug-likeness (QED) is 0.842. The van der Waals surface area contributed by atoms with Gasteiger partial charge in [0.2, 0.25) is 5.91 Å². The Bertz CT molecular complexity index is 476. The van der Waals surface area contributed by atoms with E-state index in [1.165, 1.54) is 12.1 Å². The maximum Gasteiger partial charge on any atom is 0.239 e. The molecule has 1 aliphatic heterocycles. The normalized spacial score (nSPS) is 19.6. The number of likely N-dealkylation sites (tertiary alicyclic amines) is 1. The molecule has 104 valence electrons. The van der Waals surface area contributed by atoms with Crippen LogP contribution in [0.3, 0.4) is 0 Å². The lowest BCUT2D eigenvalue weighted by Gasteiger charge is -2.26. The number of nitrogen functional groups attached to an aromatic ring is 1. The highest BCUT2D eigenvalue weighted by Gasteiger charge is 2.31. The number of hydrogen-bond acceptors (Lipinski definition) is 3. The van der Waals surface area contributed by atoms with Crippen LogP contribution in [0.1, 0.15) is 18.4 Å². The molecule has 1 atom stereocenters. The summed E-state index contributed by atoms with van der Waals surface area (Å²) in [6.45, 7) is 1.37. The highest BCUT2D eigenvalue weighted by molar-refractivity contribution is 5.81. The van der Waals surface area contributed by atoms with Crippen LogP contribution in [0.5, 0.6) is 0 Å². The van der Waals surface area contributed by atoms with Gasteiger partial charge < -0.3 is 10.6 Å². The van der Waals surface area contributed by atoms with Gasteiger partial charge in [0.05, 0.1) is 6.04 Å². The SMILES string of the molecule is CN(C)C(=O)C1CCCN1Cc1cc(F)ccc1N. The van der Waals surface area contributed by atoms with Crippen molar-refractivity contribution >= 4 is 11.6 Å². The molecular weight excluding hydrogens is 245 g/mol. The van der Waals surface area contributed by atoms with Crippen molar-refractivity contribution < 1.29 is 9.18 Å². The van der Waals surface area contributed by atoms with Crippen LogP contribution in [0.15, 0.2) is 18.2 Å². The molecule has 4 nitrogen and oxygen atoms in total. The first-order chi connectivity index (χ1) is 8.99. The first kappa shape index (κ1) is 13.8. The van der Waals surface area contributed by atoms with E-state index < -0.39 is 0 Å². The molecule has 2 rings (SSSR count). The number of anilines is 1. The predicted octanol–water partition coefficient (Wildman–Crippen LogP) is 1.46. The molecule has 1 aliphatic rings. The third-order valence-electron chi connectivity index (χ3n) is 3.57. The van der Waals surface area contributed by atoms with Crippen molar-refractivity contribution in [3.63, 3.8) is 0 Å². The second kappa shape index (κ2) is 5.57. The Morgan fingerprint density at radius 1 is 1.53 bits per heavy atom. The molecule has 0 spiro atoms. The van der Waals surface area contributed by atoms with E-state index in [-0.39, 0.29) is 17.8 Å². The molecule has 19 heavy (non-hydrogen) atoms. The van der Waals surface area contributed by atoms with E-state index in [1.807, 2.05) is 0 Å². The summed E-state index contributed by atoms with van der Waals surface area (Å²) in [6, 6.07) is 4.26. The fourth-order valence-corrected chi connectivity index (χ4v) is 2.52. The topological polar surface area (TPSA) is 49.6 Å². The summed E-state index contributed by atoms with van der Waals surface area (Å²) in [5.41, 5.74) is 7.18. The lowest BCUT2D eigenvalue weighted by molar-refractivity contribution is -0.133. The van der Waals surface area contributed by atoms with Crippen molar-refractivity contribution in [2.75, 3.05) is 26.4 Å². The van der Waals surface area contributed by atoms with Gasteiger partial charge >= 0.3 is 0 Å². The molecule has 1 fully saturated rings. The van der Waals surface area contributed by atoms with Gasteiger partial charge in [-0.15, -0.1) is 0 Å². The maximum absolute atomic E-state index is 13.3. The second-order valence-corrected chi connectivity index (χ2v) is 5.20. The molecule has 0 saturated carbocycles. The number of halogens is 1. The van der Waals surface area contributed by atoms with Crippen molar-refractivity contribution in [2.45, 2.75) is 25.4 Å². The molecule has 1 amide bonds. The molecule has 2 N–H and O–H groups in total. The average molecular weight is 265 g/mol. The van der Waals surface area contributed by atoms with Crippen LogP contribution < -0.4 is 5.73 Å². The van der Waals surface area contributed by atoms with Gasteiger partial charge in [-0.05, 0) is 43.1 Å². The van der Waals surface area contributed by atoms with Crippen molar-refractivity contribution in [2.24, 2.45) is 0 Å². The second-order valence-electron chi connectivity index (χ2n) is 5.20. The molecule has 0 bridgehead atoms. The molecule has 1 saturated heterocycles. The zero-order chi connectivity index (χ0) is 14.0. The monoisotopic (exact) mass is 265 g/mol. The third kappa shape index (κ3) is 3.04. The van der Waals surface area contributed by atoms with E-state index in [4.69, 9.17) is 5.73 Å². The number of carbonyl (C=O) groups is 1. The van der Waals surface area contributed by atoms with Crippen molar-refractivity contribution in [1.82, 2.24) is 9.80 Å². The Labute approximate surface area is 113 Å². The van der Waals surface area contributed by atoms with Crippen LogP contribution in [0.4, 0.5) is 10.1 Å². The van der Waals surface area contributed by atoms with E-state index in [9.17, 15) is 9.18 Å². The van der Waals surface area contributed by atoms with Gasteiger partial charge in [0.25, 0.3) is 0 Å². The number of rotatable bonds is 3. The molecule has 0 radical (unpaired) electrons. The third-order valence-corrected chi connectivity index (χ3v) is 3.57. The van der Waals surface area contributed by atoms with Crippen LogP contribution in [0.25, 0.3) is 0 Å². The largest absolute Gasteiger partial charge is 0.398 e. The molecule has 1 aromatic rings. The lowest BCUT2D eigenvalue weighted by atomic mass is 10.1. The molecule has 1 unspecified atom stereocenters. The number of benzene rings is 1. The summed E-state index contributed by atoms with van der Waals surface area (Å²) >= 11 is 0. The molecule has 1 aromatic carbocycles. The standard InChI is InChI=1S/C14H20FN3O/c1-17(2)14(19)13-4-3-7-18(13)9-10-8-11(15)5-6-12(10)16/h5-6,8,13H,3-4,7,9,16H2,1-2H3. The van der Waals surface area contributed by atoms with Gasteiger partial charge in [-0.2, -0.15) is 0 Å². The zero-order valence-electron chi connectivity index (χ0n) is 11.4. The number of nitrogens with two attached hydrogens (primary N) is 1. The van der Waals surface area contributed by atoms with Crippen molar-refractivity contribution in [3.05, 3.63) is 29.6 Å². The summed E-state index contributed by atoms with van der Waals surface area (Å²) < 4.78 is 13.3. The minimum absolute atomic E-state index is 0.104. The minimum atomic E-state index is -0.293. The minimum Gasteiger partial charge on any atom is -0.398 e. The Morgan fingerprint density at radius 2 is 2.26 bits per heavy atom. The average Bonchev–Trinajstić information content (AvgIpc) is 2.81. The van der Waals surface area contributed by atoms with Gasteiger partial charge in [0.1, 0.15) is 5.82 Å². The summed E-state index contributed by atoms with van der Waals surface area (Å²) in [7, 11) is 3.52. The zero-order valence-corrected chi connectivity index (χ0v) is 11.4. The first-order valence-corrected chi connectivity index (χ1v) is 6.48. The fourth-order valence-electron chi connectivity index (χ4n) is 2.52. The predicted molar refractivity (Wildman–Crippen MR) is 72.9 cm³/mol. The van der Waals surface area contributed by atoms with Gasteiger partial charge in [-0.1, -0.05) is 0 Å². The van der Waals surface area contributed by atoms with E-state index in [0.29, 0.717) is 12.2 Å². The summed E-state index contributed by atoms with van der Waals surface area (Å²) in [5.74, 6) is -0.189. The highest BCUT2D eigenvalue weighted by atomic mass is 19.1. The number of carbonyl (C=O) groups excluding carboxylic acids is 1. The van der Waals surface area contributed by atoms with Crippen LogP contribution in [0, 0.1) is 5.82 Å². The number of nitrogens with zero attached hydrogens (tertiary/aromatic N) is 2. The summed E-state index contributed by atoms with van der Waals surface area (Å²) in [4.78, 5) is 15.8. The van der Waals surface area contributed by atoms with Crippen LogP contribution in [-0.4, -0.2) is 42.4 Å². The van der Waals surface area contributed by atoms with Gasteiger partial charge in [-0.25, -0.2) is 4.39 Å². The maximum atomic E-state index is 13.3. The van der Waals surface area contributed by atoms with E-state index >= 15 is 0 Å². The lowest BCUT2D eigenvalue weighted by Crippen LogP contribution is -2.42. The smallest absolute Gasteiger partial charge is 0.239 e.